The summed E-state index contributed by atoms with van der Waals surface area (Å²) in [6, 6.07) is 13.8. The van der Waals surface area contributed by atoms with Gasteiger partial charge in [-0.3, -0.25) is 9.52 Å². The summed E-state index contributed by atoms with van der Waals surface area (Å²) in [5.74, 6) is -1.28. The van der Waals surface area contributed by atoms with E-state index in [0.717, 1.165) is 6.42 Å². The fourth-order valence-electron chi connectivity index (χ4n) is 3.63. The first-order valence-corrected chi connectivity index (χ1v) is 10.6. The predicted molar refractivity (Wildman–Crippen MR) is 110 cm³/mol. The lowest BCUT2D eigenvalue weighted by Gasteiger charge is -2.17. The lowest BCUT2D eigenvalue weighted by molar-refractivity contribution is 0.0696. The van der Waals surface area contributed by atoms with Gasteiger partial charge in [0, 0.05) is 28.6 Å². The second-order valence-electron chi connectivity index (χ2n) is 6.76. The highest BCUT2D eigenvalue weighted by Gasteiger charge is 2.31. The SMILES string of the molecule is CCCN1C(=O)c2cccc3c(S(=O)(=O)Nc4cccc(C(=O)O)c4)ccc1c23. The Kier molecular flexibility index (Phi) is 4.50. The predicted octanol–water partition coefficient (Wildman–Crippen LogP) is 3.71. The number of sulfonamides is 1. The number of carbonyl (C=O) groups excluding carboxylic acids is 1. The van der Waals surface area contributed by atoms with E-state index < -0.39 is 16.0 Å². The van der Waals surface area contributed by atoms with E-state index in [1.807, 2.05) is 6.92 Å². The van der Waals surface area contributed by atoms with Crippen LogP contribution < -0.4 is 9.62 Å². The number of carbonyl (C=O) groups is 2. The van der Waals surface area contributed by atoms with Crippen molar-refractivity contribution >= 4 is 44.0 Å². The van der Waals surface area contributed by atoms with Gasteiger partial charge in [0.15, 0.2) is 0 Å². The van der Waals surface area contributed by atoms with Gasteiger partial charge in [0.25, 0.3) is 15.9 Å². The molecule has 0 atom stereocenters. The lowest BCUT2D eigenvalue weighted by Crippen LogP contribution is -2.27. The molecule has 0 unspecified atom stereocenters. The third-order valence-electron chi connectivity index (χ3n) is 4.84. The fraction of sp³-hybridized carbons (Fsp3) is 0.143. The molecule has 1 aliphatic heterocycles. The minimum atomic E-state index is -4.01. The molecule has 2 N–H and O–H groups in total. The van der Waals surface area contributed by atoms with Crippen molar-refractivity contribution in [1.82, 2.24) is 0 Å². The van der Waals surface area contributed by atoms with Gasteiger partial charge in [-0.25, -0.2) is 13.2 Å². The topological polar surface area (TPSA) is 104 Å². The molecule has 7 nitrogen and oxygen atoms in total. The molecule has 8 heteroatoms. The van der Waals surface area contributed by atoms with E-state index >= 15 is 0 Å². The third kappa shape index (κ3) is 3.11. The van der Waals surface area contributed by atoms with Crippen LogP contribution in [0.15, 0.2) is 59.5 Å². The van der Waals surface area contributed by atoms with Crippen LogP contribution in [-0.4, -0.2) is 31.9 Å². The van der Waals surface area contributed by atoms with Crippen molar-refractivity contribution < 1.29 is 23.1 Å². The van der Waals surface area contributed by atoms with Gasteiger partial charge in [0.2, 0.25) is 0 Å². The lowest BCUT2D eigenvalue weighted by atomic mass is 10.1. The molecular weight excluding hydrogens is 392 g/mol. The first-order valence-electron chi connectivity index (χ1n) is 9.07. The summed E-state index contributed by atoms with van der Waals surface area (Å²) in [4.78, 5) is 25.6. The molecule has 0 saturated heterocycles. The zero-order valence-corrected chi connectivity index (χ0v) is 16.4. The second-order valence-corrected chi connectivity index (χ2v) is 8.41. The molecule has 148 valence electrons. The molecular formula is C21H18N2O5S. The number of hydrogen-bond donors (Lipinski definition) is 2. The van der Waals surface area contributed by atoms with Crippen LogP contribution in [0.2, 0.25) is 0 Å². The number of benzene rings is 3. The molecule has 3 aromatic rings. The minimum Gasteiger partial charge on any atom is -0.478 e. The van der Waals surface area contributed by atoms with Gasteiger partial charge in [0.1, 0.15) is 0 Å². The van der Waals surface area contributed by atoms with Crippen LogP contribution in [0.1, 0.15) is 34.1 Å². The number of aromatic carboxylic acids is 1. The molecule has 0 aromatic heterocycles. The van der Waals surface area contributed by atoms with E-state index in [1.54, 1.807) is 29.2 Å². The monoisotopic (exact) mass is 410 g/mol. The highest BCUT2D eigenvalue weighted by Crippen LogP contribution is 2.40. The molecule has 0 aliphatic carbocycles. The van der Waals surface area contributed by atoms with Gasteiger partial charge < -0.3 is 10.0 Å². The molecule has 3 aromatic carbocycles. The van der Waals surface area contributed by atoms with Crippen LogP contribution in [0.3, 0.4) is 0 Å². The summed E-state index contributed by atoms with van der Waals surface area (Å²) in [6.07, 6.45) is 0.781. The summed E-state index contributed by atoms with van der Waals surface area (Å²) in [6.45, 7) is 2.52. The summed E-state index contributed by atoms with van der Waals surface area (Å²) in [5, 5.41) is 10.2. The highest BCUT2D eigenvalue weighted by molar-refractivity contribution is 7.93. The molecule has 1 amide bonds. The zero-order chi connectivity index (χ0) is 20.8. The van der Waals surface area contributed by atoms with E-state index in [1.165, 1.54) is 30.3 Å². The van der Waals surface area contributed by atoms with Crippen molar-refractivity contribution in [3.05, 3.63) is 65.7 Å². The molecule has 0 radical (unpaired) electrons. The maximum Gasteiger partial charge on any atom is 0.335 e. The number of carboxylic acid groups (broad SMARTS) is 1. The van der Waals surface area contributed by atoms with Crippen molar-refractivity contribution in [2.24, 2.45) is 0 Å². The summed E-state index contributed by atoms with van der Waals surface area (Å²) < 4.78 is 28.6. The van der Waals surface area contributed by atoms with E-state index in [9.17, 15) is 18.0 Å². The maximum atomic E-state index is 13.1. The third-order valence-corrected chi connectivity index (χ3v) is 6.28. The summed E-state index contributed by atoms with van der Waals surface area (Å²) in [7, 11) is -4.01. The molecule has 29 heavy (non-hydrogen) atoms. The Morgan fingerprint density at radius 2 is 1.86 bits per heavy atom. The van der Waals surface area contributed by atoms with Crippen molar-refractivity contribution in [2.75, 3.05) is 16.2 Å². The van der Waals surface area contributed by atoms with Crippen molar-refractivity contribution in [3.63, 3.8) is 0 Å². The first-order chi connectivity index (χ1) is 13.8. The maximum absolute atomic E-state index is 13.1. The zero-order valence-electron chi connectivity index (χ0n) is 15.5. The summed E-state index contributed by atoms with van der Waals surface area (Å²) >= 11 is 0. The van der Waals surface area contributed by atoms with Crippen molar-refractivity contribution in [2.45, 2.75) is 18.2 Å². The first kappa shape index (κ1) is 18.9. The van der Waals surface area contributed by atoms with Crippen LogP contribution in [0.5, 0.6) is 0 Å². The Labute approximate surface area is 167 Å². The number of amides is 1. The molecule has 0 bridgehead atoms. The Morgan fingerprint density at radius 3 is 2.59 bits per heavy atom. The number of hydrogen-bond acceptors (Lipinski definition) is 4. The number of carboxylic acids is 1. The molecule has 0 fully saturated rings. The number of nitrogens with zero attached hydrogens (tertiary/aromatic N) is 1. The molecule has 0 spiro atoms. The van der Waals surface area contributed by atoms with Crippen LogP contribution in [0, 0.1) is 0 Å². The number of nitrogens with one attached hydrogen (secondary N) is 1. The Balaban J connectivity index is 1.82. The number of rotatable bonds is 6. The molecule has 1 heterocycles. The second kappa shape index (κ2) is 6.89. The van der Waals surface area contributed by atoms with Gasteiger partial charge in [-0.1, -0.05) is 25.1 Å². The standard InChI is InChI=1S/C21H18N2O5S/c1-2-11-23-17-9-10-18(15-7-4-8-16(19(15)17)20(23)24)29(27,28)22-14-6-3-5-13(12-14)21(25)26/h3-10,12,22H,2,11H2,1H3,(H,25,26). The van der Waals surface area contributed by atoms with Crippen LogP contribution >= 0.6 is 0 Å². The van der Waals surface area contributed by atoms with Gasteiger partial charge in [0.05, 0.1) is 16.1 Å². The van der Waals surface area contributed by atoms with Crippen LogP contribution in [0.25, 0.3) is 10.8 Å². The van der Waals surface area contributed by atoms with Gasteiger partial charge in [-0.15, -0.1) is 0 Å². The van der Waals surface area contributed by atoms with Gasteiger partial charge >= 0.3 is 5.97 Å². The van der Waals surface area contributed by atoms with E-state index in [0.29, 0.717) is 28.6 Å². The average Bonchev–Trinajstić information content (AvgIpc) is 2.96. The van der Waals surface area contributed by atoms with Crippen molar-refractivity contribution in [1.29, 1.82) is 0 Å². The van der Waals surface area contributed by atoms with E-state index in [4.69, 9.17) is 5.11 Å². The number of anilines is 2. The summed E-state index contributed by atoms with van der Waals surface area (Å²) in [5.41, 5.74) is 1.31. The molecule has 4 rings (SSSR count). The normalized spacial score (nSPS) is 13.1. The average molecular weight is 410 g/mol. The van der Waals surface area contributed by atoms with Gasteiger partial charge in [-0.2, -0.15) is 0 Å². The largest absolute Gasteiger partial charge is 0.478 e. The van der Waals surface area contributed by atoms with E-state index in [2.05, 4.69) is 4.72 Å². The Morgan fingerprint density at radius 1 is 1.10 bits per heavy atom. The molecule has 0 saturated carbocycles. The molecule has 1 aliphatic rings. The van der Waals surface area contributed by atoms with E-state index in [-0.39, 0.29) is 22.1 Å². The van der Waals surface area contributed by atoms with Crippen molar-refractivity contribution in [3.8, 4) is 0 Å². The van der Waals surface area contributed by atoms with Gasteiger partial charge in [-0.05, 0) is 42.8 Å². The highest BCUT2D eigenvalue weighted by atomic mass is 32.2. The smallest absolute Gasteiger partial charge is 0.335 e. The fourth-order valence-corrected chi connectivity index (χ4v) is 4.88. The Bertz CT molecular complexity index is 1270. The Hall–Kier alpha value is -3.39. The minimum absolute atomic E-state index is 0.0218. The van der Waals surface area contributed by atoms with Crippen LogP contribution in [-0.2, 0) is 10.0 Å². The quantitative estimate of drug-likeness (QED) is 0.645. The van der Waals surface area contributed by atoms with Crippen LogP contribution in [0.4, 0.5) is 11.4 Å².